The Hall–Kier alpha value is -5.64. The molecule has 0 saturated heterocycles. The third-order valence-corrected chi connectivity index (χ3v) is 13.2. The Morgan fingerprint density at radius 2 is 0.729 bits per heavy atom. The third kappa shape index (κ3) is 5.53. The Kier molecular flexibility index (Phi) is 7.76. The van der Waals surface area contributed by atoms with Crippen LogP contribution in [0.2, 0.25) is 13.1 Å². The van der Waals surface area contributed by atoms with E-state index in [4.69, 9.17) is 0 Å². The Morgan fingerprint density at radius 3 is 1.23 bits per heavy atom. The summed E-state index contributed by atoms with van der Waals surface area (Å²) in [6.07, 6.45) is 0.873. The van der Waals surface area contributed by atoms with Gasteiger partial charge in [-0.1, -0.05) is 122 Å². The minimum absolute atomic E-state index is 0.873. The zero-order chi connectivity index (χ0) is 32.5. The zero-order valence-electron chi connectivity index (χ0n) is 27.4. The van der Waals surface area contributed by atoms with Crippen molar-refractivity contribution >= 4 is 52.6 Å². The number of nitrogens with zero attached hydrogens (tertiary/aromatic N) is 2. The number of hydrogen-bond acceptors (Lipinski definition) is 2. The molecule has 0 amide bonds. The largest absolute Gasteiger partial charge is 0.311 e. The lowest BCUT2D eigenvalue weighted by atomic mass is 10.0. The second kappa shape index (κ2) is 12.5. The first-order valence-electron chi connectivity index (χ1n) is 16.7. The van der Waals surface area contributed by atoms with Crippen molar-refractivity contribution in [1.82, 2.24) is 0 Å². The van der Waals surface area contributed by atoms with Crippen LogP contribution in [-0.4, -0.2) is 8.07 Å². The predicted molar refractivity (Wildman–Crippen MR) is 207 cm³/mol. The normalized spacial score (nSPS) is 12.6. The highest BCUT2D eigenvalue weighted by molar-refractivity contribution is 7.03. The summed E-state index contributed by atoms with van der Waals surface area (Å²) >= 11 is 0. The van der Waals surface area contributed by atoms with Crippen LogP contribution in [0.25, 0.3) is 11.1 Å². The van der Waals surface area contributed by atoms with Crippen molar-refractivity contribution in [3.8, 4) is 11.1 Å². The number of hydrogen-bond donors (Lipinski definition) is 0. The second-order valence-electron chi connectivity index (χ2n) is 13.1. The lowest BCUT2D eigenvalue weighted by molar-refractivity contribution is 1.18. The van der Waals surface area contributed by atoms with Crippen molar-refractivity contribution in [1.29, 1.82) is 0 Å². The van der Waals surface area contributed by atoms with Gasteiger partial charge in [0.2, 0.25) is 0 Å². The molecule has 232 valence electrons. The van der Waals surface area contributed by atoms with E-state index in [2.05, 4.69) is 205 Å². The number of para-hydroxylation sites is 3. The van der Waals surface area contributed by atoms with Crippen molar-refractivity contribution in [2.24, 2.45) is 0 Å². The van der Waals surface area contributed by atoms with Gasteiger partial charge in [-0.3, -0.25) is 0 Å². The van der Waals surface area contributed by atoms with E-state index in [9.17, 15) is 0 Å². The molecule has 0 aliphatic carbocycles. The van der Waals surface area contributed by atoms with Gasteiger partial charge in [-0.25, -0.2) is 0 Å². The van der Waals surface area contributed by atoms with Gasteiger partial charge in [-0.2, -0.15) is 0 Å². The molecule has 0 spiro atoms. The van der Waals surface area contributed by atoms with Crippen LogP contribution in [0, 0.1) is 0 Å². The van der Waals surface area contributed by atoms with Crippen LogP contribution in [0.15, 0.2) is 182 Å². The van der Waals surface area contributed by atoms with Gasteiger partial charge in [-0.15, -0.1) is 0 Å². The lowest BCUT2D eigenvalue weighted by Gasteiger charge is -2.27. The van der Waals surface area contributed by atoms with Gasteiger partial charge in [-0.05, 0) is 112 Å². The summed E-state index contributed by atoms with van der Waals surface area (Å²) in [6, 6.07) is 66.0. The molecule has 1 aliphatic heterocycles. The van der Waals surface area contributed by atoms with E-state index in [1.54, 1.807) is 0 Å². The van der Waals surface area contributed by atoms with Crippen LogP contribution in [0.3, 0.4) is 0 Å². The number of benzene rings is 7. The first-order chi connectivity index (χ1) is 23.6. The van der Waals surface area contributed by atoms with Crippen LogP contribution in [0.1, 0.15) is 11.1 Å². The summed E-state index contributed by atoms with van der Waals surface area (Å²) in [7, 11) is -1.71. The number of rotatable bonds is 8. The molecule has 0 radical (unpaired) electrons. The fraction of sp³-hybridized carbons (Fsp3) is 0.0667. The Labute approximate surface area is 285 Å². The molecule has 0 aromatic heterocycles. The van der Waals surface area contributed by atoms with Gasteiger partial charge in [0.05, 0.1) is 0 Å². The lowest BCUT2D eigenvalue weighted by Crippen LogP contribution is -2.49. The van der Waals surface area contributed by atoms with E-state index < -0.39 is 8.07 Å². The SMILES string of the molecule is C[Si]1(C)c2ccccc2-c2cc(N(c3ccccc3)c3ccc(Cc4ccc(N(c5ccccc5)c5ccccc5)cc4)cc3)ccc21. The minimum atomic E-state index is -1.71. The molecule has 48 heavy (non-hydrogen) atoms. The summed E-state index contributed by atoms with van der Waals surface area (Å²) in [6.45, 7) is 4.95. The summed E-state index contributed by atoms with van der Waals surface area (Å²) in [5, 5.41) is 3.06. The first-order valence-corrected chi connectivity index (χ1v) is 19.7. The van der Waals surface area contributed by atoms with Crippen LogP contribution < -0.4 is 20.2 Å². The van der Waals surface area contributed by atoms with E-state index >= 15 is 0 Å². The average Bonchev–Trinajstić information content (AvgIpc) is 3.37. The second-order valence-corrected chi connectivity index (χ2v) is 17.4. The first kappa shape index (κ1) is 29.7. The van der Waals surface area contributed by atoms with Gasteiger partial charge in [0.1, 0.15) is 8.07 Å². The molecular weight excluding hydrogens is 597 g/mol. The van der Waals surface area contributed by atoms with Crippen molar-refractivity contribution in [3.05, 3.63) is 193 Å². The maximum Gasteiger partial charge on any atom is 0.113 e. The van der Waals surface area contributed by atoms with Crippen LogP contribution in [0.4, 0.5) is 34.1 Å². The molecule has 0 saturated carbocycles. The van der Waals surface area contributed by atoms with Crippen molar-refractivity contribution in [2.75, 3.05) is 9.80 Å². The molecule has 1 heterocycles. The molecule has 8 rings (SSSR count). The molecule has 0 bridgehead atoms. The van der Waals surface area contributed by atoms with Crippen LogP contribution in [-0.2, 0) is 6.42 Å². The topological polar surface area (TPSA) is 6.48 Å². The molecule has 7 aromatic carbocycles. The molecule has 0 N–H and O–H groups in total. The summed E-state index contributed by atoms with van der Waals surface area (Å²) in [4.78, 5) is 4.69. The fourth-order valence-corrected chi connectivity index (χ4v) is 10.3. The summed E-state index contributed by atoms with van der Waals surface area (Å²) in [5.41, 5.74) is 12.3. The quantitative estimate of drug-likeness (QED) is 0.154. The van der Waals surface area contributed by atoms with E-state index in [0.29, 0.717) is 0 Å². The standard InChI is InChI=1S/C45H38N2Si/c1-48(2)44-21-13-12-20-42(44)43-33-41(30-31-45(43)48)47(38-18-10-5-11-19-38)40-28-24-35(25-29-40)32-34-22-26-39(27-23-34)46(36-14-6-3-7-15-36)37-16-8-4-9-17-37/h3-31,33H,32H2,1-2H3. The highest BCUT2D eigenvalue weighted by Crippen LogP contribution is 2.39. The molecule has 0 atom stereocenters. The molecule has 2 nitrogen and oxygen atoms in total. The average molecular weight is 635 g/mol. The molecule has 7 aromatic rings. The van der Waals surface area contributed by atoms with Crippen LogP contribution >= 0.6 is 0 Å². The maximum absolute atomic E-state index is 2.47. The van der Waals surface area contributed by atoms with Gasteiger partial charge in [0.15, 0.2) is 0 Å². The fourth-order valence-electron chi connectivity index (χ4n) is 7.23. The Bertz CT molecular complexity index is 2120. The zero-order valence-corrected chi connectivity index (χ0v) is 28.4. The molecule has 1 aliphatic rings. The highest BCUT2D eigenvalue weighted by Gasteiger charge is 2.37. The maximum atomic E-state index is 2.47. The van der Waals surface area contributed by atoms with Gasteiger partial charge < -0.3 is 9.80 Å². The van der Waals surface area contributed by atoms with E-state index in [1.807, 2.05) is 0 Å². The van der Waals surface area contributed by atoms with Gasteiger partial charge in [0, 0.05) is 34.1 Å². The number of fused-ring (bicyclic) bond motifs is 3. The van der Waals surface area contributed by atoms with Crippen molar-refractivity contribution in [3.63, 3.8) is 0 Å². The van der Waals surface area contributed by atoms with Crippen molar-refractivity contribution < 1.29 is 0 Å². The van der Waals surface area contributed by atoms with Crippen molar-refractivity contribution in [2.45, 2.75) is 19.5 Å². The summed E-state index contributed by atoms with van der Waals surface area (Å²) in [5.74, 6) is 0. The molecule has 0 fully saturated rings. The molecular formula is C45H38N2Si. The van der Waals surface area contributed by atoms with E-state index in [0.717, 1.165) is 34.9 Å². The highest BCUT2D eigenvalue weighted by atomic mass is 28.3. The Morgan fingerprint density at radius 1 is 0.354 bits per heavy atom. The smallest absolute Gasteiger partial charge is 0.113 e. The summed E-state index contributed by atoms with van der Waals surface area (Å²) < 4.78 is 0. The molecule has 0 unspecified atom stereocenters. The van der Waals surface area contributed by atoms with Gasteiger partial charge >= 0.3 is 0 Å². The third-order valence-electron chi connectivity index (χ3n) is 9.67. The molecule has 3 heteroatoms. The van der Waals surface area contributed by atoms with E-state index in [1.165, 1.54) is 38.3 Å². The van der Waals surface area contributed by atoms with E-state index in [-0.39, 0.29) is 0 Å². The minimum Gasteiger partial charge on any atom is -0.311 e. The predicted octanol–water partition coefficient (Wildman–Crippen LogP) is 11.0. The number of anilines is 6. The van der Waals surface area contributed by atoms with Gasteiger partial charge in [0.25, 0.3) is 0 Å². The monoisotopic (exact) mass is 634 g/mol. The Balaban J connectivity index is 1.08. The van der Waals surface area contributed by atoms with Crippen LogP contribution in [0.5, 0.6) is 0 Å².